The monoisotopic (exact) mass is 264 g/mol. The van der Waals surface area contributed by atoms with Crippen molar-refractivity contribution in [1.82, 2.24) is 0 Å². The normalized spacial score (nSPS) is 17.6. The molecule has 0 bridgehead atoms. The second kappa shape index (κ2) is 4.86. The van der Waals surface area contributed by atoms with Crippen LogP contribution in [0.5, 0.6) is 0 Å². The van der Waals surface area contributed by atoms with Crippen molar-refractivity contribution in [3.63, 3.8) is 0 Å². The van der Waals surface area contributed by atoms with Crippen molar-refractivity contribution in [3.8, 4) is 0 Å². The highest BCUT2D eigenvalue weighted by Gasteiger charge is 2.19. The predicted octanol–water partition coefficient (Wildman–Crippen LogP) is 3.81. The van der Waals surface area contributed by atoms with Gasteiger partial charge in [0, 0.05) is 37.6 Å². The number of hydrogen-bond donors (Lipinski definition) is 0. The second-order valence-electron chi connectivity index (χ2n) is 5.84. The van der Waals surface area contributed by atoms with E-state index < -0.39 is 0 Å². The standard InChI is InChI=1S/C18H20N2/c1-2-7-16-14-20(13-15(16)6-1)18-9-5-8-17(12-18)19-10-3-4-11-19/h1-2,5-9,12H,3-4,10-11,13-14H2. The lowest BCUT2D eigenvalue weighted by atomic mass is 10.1. The molecular formula is C18H20N2. The van der Waals surface area contributed by atoms with Crippen molar-refractivity contribution in [3.05, 3.63) is 59.7 Å². The Morgan fingerprint density at radius 3 is 1.90 bits per heavy atom. The molecule has 0 spiro atoms. The van der Waals surface area contributed by atoms with E-state index in [2.05, 4.69) is 58.3 Å². The predicted molar refractivity (Wildman–Crippen MR) is 84.2 cm³/mol. The average Bonchev–Trinajstić information content (AvgIpc) is 3.16. The lowest BCUT2D eigenvalue weighted by Crippen LogP contribution is -2.19. The molecule has 0 amide bonds. The molecule has 0 atom stereocenters. The molecule has 0 aromatic heterocycles. The number of rotatable bonds is 2. The Hall–Kier alpha value is -1.96. The van der Waals surface area contributed by atoms with Gasteiger partial charge in [-0.2, -0.15) is 0 Å². The van der Waals surface area contributed by atoms with E-state index in [0.29, 0.717) is 0 Å². The summed E-state index contributed by atoms with van der Waals surface area (Å²) >= 11 is 0. The molecule has 0 saturated carbocycles. The molecule has 2 aliphatic rings. The smallest absolute Gasteiger partial charge is 0.0436 e. The van der Waals surface area contributed by atoms with Gasteiger partial charge in [0.15, 0.2) is 0 Å². The highest BCUT2D eigenvalue weighted by molar-refractivity contribution is 5.61. The lowest BCUT2D eigenvalue weighted by molar-refractivity contribution is 0.878. The van der Waals surface area contributed by atoms with Gasteiger partial charge in [0.05, 0.1) is 0 Å². The first-order valence-corrected chi connectivity index (χ1v) is 7.57. The Labute approximate surface area is 120 Å². The van der Waals surface area contributed by atoms with Crippen LogP contribution in [-0.4, -0.2) is 13.1 Å². The Morgan fingerprint density at radius 1 is 0.650 bits per heavy atom. The Balaban J connectivity index is 1.59. The maximum atomic E-state index is 2.51. The molecule has 2 aromatic rings. The third-order valence-electron chi connectivity index (χ3n) is 4.51. The summed E-state index contributed by atoms with van der Waals surface area (Å²) in [7, 11) is 0. The van der Waals surface area contributed by atoms with Crippen LogP contribution in [0.4, 0.5) is 11.4 Å². The summed E-state index contributed by atoms with van der Waals surface area (Å²) < 4.78 is 0. The van der Waals surface area contributed by atoms with E-state index in [1.807, 2.05) is 0 Å². The highest BCUT2D eigenvalue weighted by atomic mass is 15.2. The van der Waals surface area contributed by atoms with Crippen LogP contribution in [0.2, 0.25) is 0 Å². The minimum atomic E-state index is 1.04. The largest absolute Gasteiger partial charge is 0.371 e. The van der Waals surface area contributed by atoms with Gasteiger partial charge in [-0.3, -0.25) is 0 Å². The van der Waals surface area contributed by atoms with Gasteiger partial charge in [-0.15, -0.1) is 0 Å². The molecule has 1 saturated heterocycles. The van der Waals surface area contributed by atoms with Gasteiger partial charge in [-0.25, -0.2) is 0 Å². The van der Waals surface area contributed by atoms with Crippen LogP contribution >= 0.6 is 0 Å². The van der Waals surface area contributed by atoms with Crippen molar-refractivity contribution in [2.75, 3.05) is 22.9 Å². The first-order chi connectivity index (χ1) is 9.90. The topological polar surface area (TPSA) is 6.48 Å². The van der Waals surface area contributed by atoms with Crippen molar-refractivity contribution in [2.45, 2.75) is 25.9 Å². The summed E-state index contributed by atoms with van der Waals surface area (Å²) in [6.45, 7) is 4.51. The van der Waals surface area contributed by atoms with Crippen molar-refractivity contribution in [1.29, 1.82) is 0 Å². The number of anilines is 2. The molecule has 2 nitrogen and oxygen atoms in total. The van der Waals surface area contributed by atoms with E-state index in [9.17, 15) is 0 Å². The van der Waals surface area contributed by atoms with Crippen LogP contribution in [0.3, 0.4) is 0 Å². The number of benzene rings is 2. The highest BCUT2D eigenvalue weighted by Crippen LogP contribution is 2.31. The van der Waals surface area contributed by atoms with Crippen LogP contribution in [0, 0.1) is 0 Å². The molecule has 2 heterocycles. The van der Waals surface area contributed by atoms with Gasteiger partial charge in [0.2, 0.25) is 0 Å². The first-order valence-electron chi connectivity index (χ1n) is 7.57. The van der Waals surface area contributed by atoms with Gasteiger partial charge in [-0.05, 0) is 42.2 Å². The molecular weight excluding hydrogens is 244 g/mol. The Morgan fingerprint density at radius 2 is 1.25 bits per heavy atom. The van der Waals surface area contributed by atoms with E-state index in [-0.39, 0.29) is 0 Å². The van der Waals surface area contributed by atoms with Gasteiger partial charge >= 0.3 is 0 Å². The maximum absolute atomic E-state index is 2.51. The summed E-state index contributed by atoms with van der Waals surface area (Å²) in [6, 6.07) is 17.8. The van der Waals surface area contributed by atoms with E-state index in [1.54, 1.807) is 0 Å². The van der Waals surface area contributed by atoms with Crippen LogP contribution in [0.25, 0.3) is 0 Å². The molecule has 0 aliphatic carbocycles. The Kier molecular flexibility index (Phi) is 2.87. The first kappa shape index (κ1) is 11.8. The van der Waals surface area contributed by atoms with Gasteiger partial charge in [0.1, 0.15) is 0 Å². The van der Waals surface area contributed by atoms with Gasteiger partial charge in [0.25, 0.3) is 0 Å². The Bertz CT molecular complexity index is 589. The molecule has 102 valence electrons. The molecule has 20 heavy (non-hydrogen) atoms. The lowest BCUT2D eigenvalue weighted by Gasteiger charge is -2.22. The summed E-state index contributed by atoms with van der Waals surface area (Å²) in [6.07, 6.45) is 2.67. The van der Waals surface area contributed by atoms with Crippen LogP contribution in [-0.2, 0) is 13.1 Å². The second-order valence-corrected chi connectivity index (χ2v) is 5.84. The zero-order valence-electron chi connectivity index (χ0n) is 11.8. The van der Waals surface area contributed by atoms with Crippen LogP contribution in [0.1, 0.15) is 24.0 Å². The summed E-state index contributed by atoms with van der Waals surface area (Å²) in [5, 5.41) is 0. The molecule has 2 heteroatoms. The van der Waals surface area contributed by atoms with E-state index >= 15 is 0 Å². The van der Waals surface area contributed by atoms with Crippen LogP contribution < -0.4 is 9.80 Å². The minimum absolute atomic E-state index is 1.04. The summed E-state index contributed by atoms with van der Waals surface area (Å²) in [5.74, 6) is 0. The van der Waals surface area contributed by atoms with E-state index in [1.165, 1.54) is 48.4 Å². The molecule has 0 radical (unpaired) electrons. The third kappa shape index (κ3) is 2.05. The zero-order chi connectivity index (χ0) is 13.4. The van der Waals surface area contributed by atoms with Crippen LogP contribution in [0.15, 0.2) is 48.5 Å². The van der Waals surface area contributed by atoms with Crippen molar-refractivity contribution >= 4 is 11.4 Å². The zero-order valence-corrected chi connectivity index (χ0v) is 11.8. The fourth-order valence-electron chi connectivity index (χ4n) is 3.38. The maximum Gasteiger partial charge on any atom is 0.0436 e. The molecule has 4 rings (SSSR count). The third-order valence-corrected chi connectivity index (χ3v) is 4.51. The number of fused-ring (bicyclic) bond motifs is 1. The summed E-state index contributed by atoms with van der Waals surface area (Å²) in [4.78, 5) is 4.98. The fraction of sp³-hybridized carbons (Fsp3) is 0.333. The molecule has 2 aliphatic heterocycles. The van der Waals surface area contributed by atoms with Crippen molar-refractivity contribution in [2.24, 2.45) is 0 Å². The molecule has 2 aromatic carbocycles. The minimum Gasteiger partial charge on any atom is -0.371 e. The quantitative estimate of drug-likeness (QED) is 0.814. The fourth-order valence-corrected chi connectivity index (χ4v) is 3.38. The summed E-state index contributed by atoms with van der Waals surface area (Å²) in [5.41, 5.74) is 5.68. The van der Waals surface area contributed by atoms with Gasteiger partial charge < -0.3 is 9.80 Å². The molecule has 0 N–H and O–H groups in total. The average molecular weight is 264 g/mol. The van der Waals surface area contributed by atoms with E-state index in [4.69, 9.17) is 0 Å². The van der Waals surface area contributed by atoms with Gasteiger partial charge in [-0.1, -0.05) is 30.3 Å². The molecule has 1 fully saturated rings. The molecule has 0 unspecified atom stereocenters. The van der Waals surface area contributed by atoms with Crippen molar-refractivity contribution < 1.29 is 0 Å². The SMILES string of the molecule is c1cc(N2CCCC2)cc(N2Cc3ccccc3C2)c1. The number of hydrogen-bond acceptors (Lipinski definition) is 2. The number of nitrogens with zero attached hydrogens (tertiary/aromatic N) is 2. The van der Waals surface area contributed by atoms with E-state index in [0.717, 1.165) is 13.1 Å².